The van der Waals surface area contributed by atoms with Gasteiger partial charge in [-0.25, -0.2) is 8.42 Å². The number of thiophene rings is 1. The fourth-order valence-corrected chi connectivity index (χ4v) is 6.10. The predicted octanol–water partition coefficient (Wildman–Crippen LogP) is 0.482. The Balaban J connectivity index is 1.51. The lowest BCUT2D eigenvalue weighted by Crippen LogP contribution is -2.53. The van der Waals surface area contributed by atoms with Gasteiger partial charge in [0.15, 0.2) is 0 Å². The second kappa shape index (κ2) is 7.89. The number of halogens is 1. The molecule has 1 aromatic rings. The zero-order valence-electron chi connectivity index (χ0n) is 14.2. The van der Waals surface area contributed by atoms with E-state index in [1.807, 2.05) is 9.80 Å². The molecule has 2 aliphatic rings. The summed E-state index contributed by atoms with van der Waals surface area (Å²) < 4.78 is 27.4. The molecule has 0 unspecified atom stereocenters. The van der Waals surface area contributed by atoms with Crippen LogP contribution >= 0.6 is 22.9 Å². The van der Waals surface area contributed by atoms with Crippen LogP contribution in [0.4, 0.5) is 0 Å². The van der Waals surface area contributed by atoms with Gasteiger partial charge < -0.3 is 9.80 Å². The van der Waals surface area contributed by atoms with Crippen molar-refractivity contribution in [2.24, 2.45) is 0 Å². The number of piperazine rings is 2. The van der Waals surface area contributed by atoms with E-state index in [0.29, 0.717) is 37.1 Å². The molecule has 0 radical (unpaired) electrons. The summed E-state index contributed by atoms with van der Waals surface area (Å²) in [7, 11) is -1.42. The highest BCUT2D eigenvalue weighted by Gasteiger charge is 2.31. The van der Waals surface area contributed by atoms with Crippen molar-refractivity contribution in [2.75, 3.05) is 66.0 Å². The van der Waals surface area contributed by atoms with Gasteiger partial charge >= 0.3 is 0 Å². The largest absolute Gasteiger partial charge is 0.339 e. The first-order valence-electron chi connectivity index (χ1n) is 8.30. The first kappa shape index (κ1) is 19.1. The third-order valence-electron chi connectivity index (χ3n) is 4.69. The van der Waals surface area contributed by atoms with Crippen molar-refractivity contribution < 1.29 is 13.2 Å². The molecule has 140 valence electrons. The van der Waals surface area contributed by atoms with Crippen molar-refractivity contribution in [3.05, 3.63) is 16.5 Å². The molecule has 3 heterocycles. The molecule has 0 aromatic carbocycles. The van der Waals surface area contributed by atoms with Crippen LogP contribution in [0.5, 0.6) is 0 Å². The van der Waals surface area contributed by atoms with Crippen molar-refractivity contribution >= 4 is 38.9 Å². The van der Waals surface area contributed by atoms with Crippen molar-refractivity contribution in [2.45, 2.75) is 4.21 Å². The van der Waals surface area contributed by atoms with Crippen molar-refractivity contribution in [3.63, 3.8) is 0 Å². The second-order valence-corrected chi connectivity index (χ2v) is 10.3. The van der Waals surface area contributed by atoms with Gasteiger partial charge in [-0.15, -0.1) is 11.3 Å². The lowest BCUT2D eigenvalue weighted by atomic mass is 10.3. The minimum absolute atomic E-state index is 0.134. The van der Waals surface area contributed by atoms with Crippen LogP contribution in [0.2, 0.25) is 4.34 Å². The summed E-state index contributed by atoms with van der Waals surface area (Å²) in [5, 5.41) is 0. The van der Waals surface area contributed by atoms with Gasteiger partial charge in [0, 0.05) is 52.4 Å². The van der Waals surface area contributed by atoms with E-state index in [-0.39, 0.29) is 10.1 Å². The summed E-state index contributed by atoms with van der Waals surface area (Å²) >= 11 is 6.93. The molecule has 1 aromatic heterocycles. The Kier molecular flexibility index (Phi) is 6.02. The van der Waals surface area contributed by atoms with E-state index in [0.717, 1.165) is 37.5 Å². The van der Waals surface area contributed by atoms with E-state index in [1.165, 1.54) is 4.31 Å². The molecular formula is C15H23ClN4O3S2. The normalized spacial score (nSPS) is 21.6. The molecule has 0 N–H and O–H groups in total. The van der Waals surface area contributed by atoms with E-state index < -0.39 is 10.0 Å². The van der Waals surface area contributed by atoms with Gasteiger partial charge in [-0.3, -0.25) is 9.69 Å². The fraction of sp³-hybridized carbons (Fsp3) is 0.667. The van der Waals surface area contributed by atoms with Crippen LogP contribution in [-0.2, 0) is 14.8 Å². The maximum absolute atomic E-state index is 12.6. The third kappa shape index (κ3) is 4.53. The zero-order chi connectivity index (χ0) is 18.0. The Morgan fingerprint density at radius 2 is 1.72 bits per heavy atom. The number of nitrogens with zero attached hydrogens (tertiary/aromatic N) is 4. The van der Waals surface area contributed by atoms with Gasteiger partial charge in [0.05, 0.1) is 10.9 Å². The number of carbonyl (C=O) groups excluding carboxylic acids is 1. The average molecular weight is 407 g/mol. The molecule has 2 fully saturated rings. The first-order valence-corrected chi connectivity index (χ1v) is 10.9. The standard InChI is InChI=1S/C15H23ClN4O3S2/c1-17-4-8-19(9-5-17)14(21)12-18-6-10-20(11-7-18)25(22,23)15-3-2-13(16)24-15/h2-3H,4-12H2,1H3. The number of rotatable bonds is 4. The summed E-state index contributed by atoms with van der Waals surface area (Å²) in [5.41, 5.74) is 0. The smallest absolute Gasteiger partial charge is 0.252 e. The Morgan fingerprint density at radius 1 is 1.08 bits per heavy atom. The van der Waals surface area contributed by atoms with E-state index in [2.05, 4.69) is 11.9 Å². The molecular weight excluding hydrogens is 384 g/mol. The number of sulfonamides is 1. The van der Waals surface area contributed by atoms with E-state index in [4.69, 9.17) is 11.6 Å². The molecule has 7 nitrogen and oxygen atoms in total. The van der Waals surface area contributed by atoms with Crippen molar-refractivity contribution in [1.82, 2.24) is 19.0 Å². The molecule has 1 amide bonds. The quantitative estimate of drug-likeness (QED) is 0.727. The topological polar surface area (TPSA) is 64.2 Å². The van der Waals surface area contributed by atoms with Crippen LogP contribution < -0.4 is 0 Å². The third-order valence-corrected chi connectivity index (χ3v) is 8.29. The van der Waals surface area contributed by atoms with Crippen LogP contribution in [0.25, 0.3) is 0 Å². The van der Waals surface area contributed by atoms with Gasteiger partial charge in [-0.2, -0.15) is 4.31 Å². The number of likely N-dealkylation sites (N-methyl/N-ethyl adjacent to an activating group) is 1. The van der Waals surface area contributed by atoms with Gasteiger partial charge in [-0.1, -0.05) is 11.6 Å². The van der Waals surface area contributed by atoms with E-state index >= 15 is 0 Å². The lowest BCUT2D eigenvalue weighted by molar-refractivity contribution is -0.134. The minimum Gasteiger partial charge on any atom is -0.339 e. The monoisotopic (exact) mass is 406 g/mol. The Bertz CT molecular complexity index is 708. The molecule has 0 saturated carbocycles. The van der Waals surface area contributed by atoms with E-state index in [9.17, 15) is 13.2 Å². The summed E-state index contributed by atoms with van der Waals surface area (Å²) in [5.74, 6) is 0.134. The number of carbonyl (C=O) groups is 1. The SMILES string of the molecule is CN1CCN(C(=O)CN2CCN(S(=O)(=O)c3ccc(Cl)s3)CC2)CC1. The van der Waals surface area contributed by atoms with Crippen LogP contribution in [-0.4, -0.2) is 99.3 Å². The lowest BCUT2D eigenvalue weighted by Gasteiger charge is -2.36. The van der Waals surface area contributed by atoms with Crippen LogP contribution in [0.15, 0.2) is 16.3 Å². The first-order chi connectivity index (χ1) is 11.9. The number of hydrogen-bond acceptors (Lipinski definition) is 6. The van der Waals surface area contributed by atoms with Crippen molar-refractivity contribution in [1.29, 1.82) is 0 Å². The maximum atomic E-state index is 12.6. The molecule has 0 aliphatic carbocycles. The average Bonchev–Trinajstić information content (AvgIpc) is 3.03. The van der Waals surface area contributed by atoms with Gasteiger partial charge in [-0.05, 0) is 19.2 Å². The minimum atomic E-state index is -3.48. The molecule has 2 saturated heterocycles. The summed E-state index contributed by atoms with van der Waals surface area (Å²) in [4.78, 5) is 18.5. The van der Waals surface area contributed by atoms with E-state index in [1.54, 1.807) is 12.1 Å². The molecule has 10 heteroatoms. The van der Waals surface area contributed by atoms with Gasteiger partial charge in [0.25, 0.3) is 10.0 Å². The fourth-order valence-electron chi connectivity index (χ4n) is 3.04. The highest BCUT2D eigenvalue weighted by molar-refractivity contribution is 7.91. The number of hydrogen-bond donors (Lipinski definition) is 0. The molecule has 2 aliphatic heterocycles. The van der Waals surface area contributed by atoms with Crippen LogP contribution in [0.3, 0.4) is 0 Å². The Hall–Kier alpha value is -0.710. The molecule has 0 bridgehead atoms. The summed E-state index contributed by atoms with van der Waals surface area (Å²) in [6.45, 7) is 5.63. The molecule has 3 rings (SSSR count). The van der Waals surface area contributed by atoms with Crippen LogP contribution in [0.1, 0.15) is 0 Å². The summed E-state index contributed by atoms with van der Waals surface area (Å²) in [6.07, 6.45) is 0. The molecule has 25 heavy (non-hydrogen) atoms. The zero-order valence-corrected chi connectivity index (χ0v) is 16.6. The van der Waals surface area contributed by atoms with Gasteiger partial charge in [0.1, 0.15) is 4.21 Å². The second-order valence-electron chi connectivity index (χ2n) is 6.42. The number of amides is 1. The highest BCUT2D eigenvalue weighted by Crippen LogP contribution is 2.28. The Morgan fingerprint density at radius 3 is 2.28 bits per heavy atom. The molecule has 0 spiro atoms. The highest BCUT2D eigenvalue weighted by atomic mass is 35.5. The van der Waals surface area contributed by atoms with Crippen LogP contribution in [0, 0.1) is 0 Å². The predicted molar refractivity (Wildman–Crippen MR) is 98.6 cm³/mol. The molecule has 0 atom stereocenters. The van der Waals surface area contributed by atoms with Crippen molar-refractivity contribution in [3.8, 4) is 0 Å². The maximum Gasteiger partial charge on any atom is 0.252 e. The van der Waals surface area contributed by atoms with Gasteiger partial charge in [0.2, 0.25) is 5.91 Å². The Labute approximate surface area is 157 Å². The summed E-state index contributed by atoms with van der Waals surface area (Å²) in [6, 6.07) is 3.15.